The lowest BCUT2D eigenvalue weighted by atomic mass is 9.96. The summed E-state index contributed by atoms with van der Waals surface area (Å²) in [6, 6.07) is 18.9. The molecule has 2 amide bonds. The van der Waals surface area contributed by atoms with Crippen LogP contribution in [0.1, 0.15) is 44.7 Å². The van der Waals surface area contributed by atoms with Crippen molar-refractivity contribution in [2.45, 2.75) is 32.5 Å². The summed E-state index contributed by atoms with van der Waals surface area (Å²) in [6.07, 6.45) is -1.06. The summed E-state index contributed by atoms with van der Waals surface area (Å²) in [6.45, 7) is 2.16. The van der Waals surface area contributed by atoms with E-state index < -0.39 is 18.6 Å². The first-order valence-electron chi connectivity index (χ1n) is 13.5. The number of carbonyl (C=O) groups is 2. The summed E-state index contributed by atoms with van der Waals surface area (Å²) in [5.74, 6) is 0.662. The molecule has 4 aromatic rings. The van der Waals surface area contributed by atoms with E-state index >= 15 is 0 Å². The van der Waals surface area contributed by atoms with Crippen molar-refractivity contribution in [2.75, 3.05) is 19.6 Å². The Hall–Kier alpha value is -4.85. The number of rotatable bonds is 7. The highest BCUT2D eigenvalue weighted by atomic mass is 19.4. The first-order valence-corrected chi connectivity index (χ1v) is 13.5. The molecule has 0 saturated carbocycles. The van der Waals surface area contributed by atoms with Crippen LogP contribution in [0.15, 0.2) is 66.9 Å². The second kappa shape index (κ2) is 11.9. The standard InChI is InChI=1S/C31H28F3N5O3/c1-20-26(29(40)36-19-31(32,33)34)10-11-28-27(20)18-39(37-28)17-22-12-14-38(15-13-22)30(41)23-4-8-25(9-5-23)42-24-6-2-21(16-35)3-7-24/h2-11,18,22H,12-15,17,19H2,1H3,(H,36,40). The molecule has 0 spiro atoms. The number of ether oxygens (including phenoxy) is 1. The molecule has 0 radical (unpaired) electrons. The summed E-state index contributed by atoms with van der Waals surface area (Å²) < 4.78 is 45.1. The van der Waals surface area contributed by atoms with Gasteiger partial charge in [0.25, 0.3) is 11.8 Å². The summed E-state index contributed by atoms with van der Waals surface area (Å²) in [4.78, 5) is 27.2. The van der Waals surface area contributed by atoms with Gasteiger partial charge in [-0.25, -0.2) is 0 Å². The van der Waals surface area contributed by atoms with Crippen LogP contribution in [0.5, 0.6) is 11.5 Å². The van der Waals surface area contributed by atoms with Crippen molar-refractivity contribution in [2.24, 2.45) is 5.92 Å². The van der Waals surface area contributed by atoms with Gasteiger partial charge in [-0.1, -0.05) is 0 Å². The Bertz CT molecular complexity index is 1630. The van der Waals surface area contributed by atoms with Gasteiger partial charge in [0.05, 0.1) is 17.1 Å². The Labute approximate surface area is 240 Å². The molecular formula is C31H28F3N5O3. The third-order valence-corrected chi connectivity index (χ3v) is 7.37. The predicted molar refractivity (Wildman–Crippen MR) is 149 cm³/mol. The molecule has 5 rings (SSSR count). The van der Waals surface area contributed by atoms with Crippen molar-refractivity contribution in [3.63, 3.8) is 0 Å². The molecule has 1 N–H and O–H groups in total. The fourth-order valence-electron chi connectivity index (χ4n) is 5.06. The van der Waals surface area contributed by atoms with Crippen LogP contribution in [0.2, 0.25) is 0 Å². The highest BCUT2D eigenvalue weighted by Crippen LogP contribution is 2.26. The quantitative estimate of drug-likeness (QED) is 0.298. The topological polar surface area (TPSA) is 100 Å². The van der Waals surface area contributed by atoms with Gasteiger partial charge in [-0.15, -0.1) is 0 Å². The lowest BCUT2D eigenvalue weighted by Crippen LogP contribution is -2.39. The molecule has 1 aliphatic heterocycles. The van der Waals surface area contributed by atoms with Gasteiger partial charge in [-0.3, -0.25) is 14.3 Å². The van der Waals surface area contributed by atoms with Crippen LogP contribution in [-0.4, -0.2) is 52.3 Å². The van der Waals surface area contributed by atoms with Crippen molar-refractivity contribution >= 4 is 22.7 Å². The van der Waals surface area contributed by atoms with E-state index in [1.54, 1.807) is 61.5 Å². The third-order valence-electron chi connectivity index (χ3n) is 7.37. The Morgan fingerprint density at radius 2 is 1.67 bits per heavy atom. The van der Waals surface area contributed by atoms with Crippen LogP contribution in [0.3, 0.4) is 0 Å². The molecule has 216 valence electrons. The number of halogens is 3. The first-order chi connectivity index (χ1) is 20.1. The number of aryl methyl sites for hydroxylation is 1. The number of nitriles is 1. The number of amides is 2. The molecule has 42 heavy (non-hydrogen) atoms. The monoisotopic (exact) mass is 575 g/mol. The number of benzene rings is 3. The lowest BCUT2D eigenvalue weighted by Gasteiger charge is -2.32. The smallest absolute Gasteiger partial charge is 0.405 e. The number of nitrogens with zero attached hydrogens (tertiary/aromatic N) is 4. The average Bonchev–Trinajstić information content (AvgIpc) is 3.40. The number of carbonyl (C=O) groups excluding carboxylic acids is 2. The normalized spacial score (nSPS) is 14.0. The van der Waals surface area contributed by atoms with Crippen LogP contribution in [-0.2, 0) is 6.54 Å². The summed E-state index contributed by atoms with van der Waals surface area (Å²) >= 11 is 0. The molecule has 8 nitrogen and oxygen atoms in total. The maximum atomic E-state index is 13.1. The number of fused-ring (bicyclic) bond motifs is 1. The van der Waals surface area contributed by atoms with Gasteiger partial charge >= 0.3 is 6.18 Å². The van der Waals surface area contributed by atoms with Crippen molar-refractivity contribution in [3.8, 4) is 17.6 Å². The van der Waals surface area contributed by atoms with E-state index in [0.717, 1.165) is 12.8 Å². The number of nitrogens with one attached hydrogen (secondary N) is 1. The van der Waals surface area contributed by atoms with Gasteiger partial charge in [0.15, 0.2) is 0 Å². The highest BCUT2D eigenvalue weighted by Gasteiger charge is 2.28. The predicted octanol–water partition coefficient (Wildman–Crippen LogP) is 5.85. The molecule has 0 bridgehead atoms. The van der Waals surface area contributed by atoms with Gasteiger partial charge in [0.1, 0.15) is 18.0 Å². The minimum atomic E-state index is -4.48. The van der Waals surface area contributed by atoms with Crippen LogP contribution < -0.4 is 10.1 Å². The van der Waals surface area contributed by atoms with E-state index in [4.69, 9.17) is 10.00 Å². The second-order valence-corrected chi connectivity index (χ2v) is 10.3. The SMILES string of the molecule is Cc1c(C(=O)NCC(F)(F)F)ccc2nn(CC3CCN(C(=O)c4ccc(Oc5ccc(C#N)cc5)cc4)CC3)cc12. The molecule has 1 aromatic heterocycles. The largest absolute Gasteiger partial charge is 0.457 e. The maximum Gasteiger partial charge on any atom is 0.405 e. The van der Waals surface area contributed by atoms with E-state index in [2.05, 4.69) is 11.2 Å². The van der Waals surface area contributed by atoms with E-state index in [9.17, 15) is 22.8 Å². The van der Waals surface area contributed by atoms with Crippen molar-refractivity contribution in [1.29, 1.82) is 5.26 Å². The molecule has 1 fully saturated rings. The van der Waals surface area contributed by atoms with E-state index in [1.165, 1.54) is 6.07 Å². The zero-order valence-corrected chi connectivity index (χ0v) is 22.8. The van der Waals surface area contributed by atoms with Gasteiger partial charge in [-0.2, -0.15) is 23.5 Å². The summed E-state index contributed by atoms with van der Waals surface area (Å²) in [7, 11) is 0. The second-order valence-electron chi connectivity index (χ2n) is 10.3. The van der Waals surface area contributed by atoms with Crippen LogP contribution >= 0.6 is 0 Å². The number of alkyl halides is 3. The molecule has 0 aliphatic carbocycles. The maximum absolute atomic E-state index is 13.1. The van der Waals surface area contributed by atoms with Crippen molar-refractivity contribution in [1.82, 2.24) is 20.0 Å². The average molecular weight is 576 g/mol. The Morgan fingerprint density at radius 1 is 1.02 bits per heavy atom. The molecule has 1 aliphatic rings. The van der Waals surface area contributed by atoms with Crippen LogP contribution in [0, 0.1) is 24.2 Å². The lowest BCUT2D eigenvalue weighted by molar-refractivity contribution is -0.123. The molecule has 11 heteroatoms. The summed E-state index contributed by atoms with van der Waals surface area (Å²) in [5, 5.41) is 16.2. The molecule has 3 aromatic carbocycles. The van der Waals surface area contributed by atoms with Gasteiger partial charge < -0.3 is 15.0 Å². The van der Waals surface area contributed by atoms with Crippen LogP contribution in [0.25, 0.3) is 10.9 Å². The highest BCUT2D eigenvalue weighted by molar-refractivity contribution is 6.00. The van der Waals surface area contributed by atoms with Crippen molar-refractivity contribution in [3.05, 3.63) is 89.1 Å². The Morgan fingerprint density at radius 3 is 2.29 bits per heavy atom. The summed E-state index contributed by atoms with van der Waals surface area (Å²) in [5.41, 5.74) is 2.55. The zero-order chi connectivity index (χ0) is 29.9. The fourth-order valence-corrected chi connectivity index (χ4v) is 5.06. The minimum Gasteiger partial charge on any atom is -0.457 e. The Balaban J connectivity index is 1.15. The van der Waals surface area contributed by atoms with Gasteiger partial charge in [0, 0.05) is 42.3 Å². The number of likely N-dealkylation sites (tertiary alicyclic amines) is 1. The van der Waals surface area contributed by atoms with E-state index in [1.807, 2.05) is 21.1 Å². The van der Waals surface area contributed by atoms with E-state index in [0.29, 0.717) is 64.6 Å². The van der Waals surface area contributed by atoms with Gasteiger partial charge in [-0.05, 0) is 91.9 Å². The number of piperidine rings is 1. The molecule has 1 saturated heterocycles. The number of hydrogen-bond acceptors (Lipinski definition) is 5. The van der Waals surface area contributed by atoms with Crippen molar-refractivity contribution < 1.29 is 27.5 Å². The third kappa shape index (κ3) is 6.71. The van der Waals surface area contributed by atoms with E-state index in [-0.39, 0.29) is 11.5 Å². The van der Waals surface area contributed by atoms with Crippen LogP contribution in [0.4, 0.5) is 13.2 Å². The minimum absolute atomic E-state index is 0.0462. The molecular weight excluding hydrogens is 547 g/mol. The molecule has 2 heterocycles. The first kappa shape index (κ1) is 28.7. The molecule has 0 unspecified atom stereocenters. The fraction of sp³-hybridized carbons (Fsp3) is 0.290. The zero-order valence-electron chi connectivity index (χ0n) is 22.8. The Kier molecular flexibility index (Phi) is 8.15. The number of aromatic nitrogens is 2. The molecule has 0 atom stereocenters. The van der Waals surface area contributed by atoms with Gasteiger partial charge in [0.2, 0.25) is 0 Å². The number of hydrogen-bond donors (Lipinski definition) is 1.